The molecule has 2 aliphatic rings. The van der Waals surface area contributed by atoms with E-state index in [0.717, 1.165) is 68.3 Å². The summed E-state index contributed by atoms with van der Waals surface area (Å²) in [6.07, 6.45) is 1.88. The molecule has 2 aromatic carbocycles. The predicted octanol–water partition coefficient (Wildman–Crippen LogP) is 3.65. The molecule has 2 heterocycles. The van der Waals surface area contributed by atoms with Gasteiger partial charge in [-0.1, -0.05) is 18.2 Å². The van der Waals surface area contributed by atoms with Crippen molar-refractivity contribution in [2.24, 2.45) is 5.92 Å². The van der Waals surface area contributed by atoms with Crippen molar-refractivity contribution in [2.75, 3.05) is 39.2 Å². The summed E-state index contributed by atoms with van der Waals surface area (Å²) in [6.45, 7) is 4.30. The highest BCUT2D eigenvalue weighted by molar-refractivity contribution is 5.93. The maximum atomic E-state index is 12.6. The molecular weight excluding hydrogens is 437 g/mol. The summed E-state index contributed by atoms with van der Waals surface area (Å²) in [5.74, 6) is 1.73. The molecule has 1 unspecified atom stereocenters. The van der Waals surface area contributed by atoms with Crippen LogP contribution in [-0.2, 0) is 24.3 Å². The lowest BCUT2D eigenvalue weighted by molar-refractivity contribution is -0.119. The molecule has 170 valence electrons. The molecule has 1 amide bonds. The maximum Gasteiger partial charge on any atom is 0.228 e. The summed E-state index contributed by atoms with van der Waals surface area (Å²) in [4.78, 5) is 15.0. The normalized spacial score (nSPS) is 17.7. The van der Waals surface area contributed by atoms with Crippen molar-refractivity contribution in [3.8, 4) is 11.5 Å². The van der Waals surface area contributed by atoms with Crippen LogP contribution in [0.3, 0.4) is 0 Å². The minimum Gasteiger partial charge on any atom is -0.493 e. The molecule has 1 atom stereocenters. The fraction of sp³-hybridized carbons (Fsp3) is 0.435. The van der Waals surface area contributed by atoms with Crippen molar-refractivity contribution >= 4 is 36.4 Å². The summed E-state index contributed by atoms with van der Waals surface area (Å²) in [6, 6.07) is 12.3. The molecule has 2 N–H and O–H groups in total. The van der Waals surface area contributed by atoms with E-state index in [4.69, 9.17) is 9.47 Å². The van der Waals surface area contributed by atoms with Gasteiger partial charge in [0.15, 0.2) is 11.5 Å². The Morgan fingerprint density at radius 3 is 2.52 bits per heavy atom. The van der Waals surface area contributed by atoms with Gasteiger partial charge in [0.2, 0.25) is 5.91 Å². The number of carbonyl (C=O) groups excluding carboxylic acids is 1. The van der Waals surface area contributed by atoms with E-state index in [1.165, 1.54) is 11.1 Å². The second-order valence-electron chi connectivity index (χ2n) is 7.77. The first-order valence-electron chi connectivity index (χ1n) is 10.2. The van der Waals surface area contributed by atoms with Crippen LogP contribution in [0.15, 0.2) is 36.4 Å². The number of hydrogen-bond donors (Lipinski definition) is 2. The number of amides is 1. The van der Waals surface area contributed by atoms with E-state index >= 15 is 0 Å². The smallest absolute Gasteiger partial charge is 0.228 e. The molecule has 2 aromatic rings. The van der Waals surface area contributed by atoms with Gasteiger partial charge >= 0.3 is 0 Å². The van der Waals surface area contributed by atoms with Crippen LogP contribution in [0, 0.1) is 5.92 Å². The Kier molecular flexibility index (Phi) is 9.44. The zero-order valence-corrected chi connectivity index (χ0v) is 19.6. The highest BCUT2D eigenvalue weighted by Gasteiger charge is 2.24. The monoisotopic (exact) mass is 467 g/mol. The number of rotatable bonds is 6. The molecule has 4 rings (SSSR count). The van der Waals surface area contributed by atoms with Crippen molar-refractivity contribution in [2.45, 2.75) is 25.9 Å². The van der Waals surface area contributed by atoms with Gasteiger partial charge in [-0.05, 0) is 54.3 Å². The number of carbonyl (C=O) groups is 1. The number of nitrogens with one attached hydrogen (secondary N) is 2. The van der Waals surface area contributed by atoms with Crippen LogP contribution in [0.2, 0.25) is 0 Å². The van der Waals surface area contributed by atoms with Crippen molar-refractivity contribution in [3.05, 3.63) is 53.1 Å². The van der Waals surface area contributed by atoms with Gasteiger partial charge < -0.3 is 20.1 Å². The fourth-order valence-electron chi connectivity index (χ4n) is 4.21. The molecule has 31 heavy (non-hydrogen) atoms. The van der Waals surface area contributed by atoms with Crippen molar-refractivity contribution in [1.29, 1.82) is 0 Å². The van der Waals surface area contributed by atoms with E-state index in [1.54, 1.807) is 14.2 Å². The topological polar surface area (TPSA) is 62.8 Å². The lowest BCUT2D eigenvalue weighted by Gasteiger charge is -2.30. The molecule has 0 radical (unpaired) electrons. The third-order valence-corrected chi connectivity index (χ3v) is 5.90. The summed E-state index contributed by atoms with van der Waals surface area (Å²) in [5, 5.41) is 6.41. The van der Waals surface area contributed by atoms with Crippen molar-refractivity contribution in [1.82, 2.24) is 10.2 Å². The Morgan fingerprint density at radius 1 is 1.13 bits per heavy atom. The number of anilines is 1. The number of halogens is 2. The second-order valence-corrected chi connectivity index (χ2v) is 7.77. The van der Waals surface area contributed by atoms with E-state index in [-0.39, 0.29) is 36.6 Å². The third kappa shape index (κ3) is 5.83. The Hall–Kier alpha value is -1.99. The molecule has 1 saturated heterocycles. The van der Waals surface area contributed by atoms with E-state index in [0.29, 0.717) is 0 Å². The van der Waals surface area contributed by atoms with Gasteiger partial charge in [0, 0.05) is 31.9 Å². The van der Waals surface area contributed by atoms with Crippen LogP contribution in [0.5, 0.6) is 11.5 Å². The third-order valence-electron chi connectivity index (χ3n) is 5.90. The SMILES string of the molecule is COc1cc2c(cc1OC)CN(Cc1ccccc1NC(=O)C1CCNC1)CC2.Cl.Cl. The van der Waals surface area contributed by atoms with E-state index in [2.05, 4.69) is 33.7 Å². The Bertz CT molecular complexity index is 888. The van der Waals surface area contributed by atoms with Gasteiger partial charge in [0.1, 0.15) is 0 Å². The van der Waals surface area contributed by atoms with Gasteiger partial charge in [-0.3, -0.25) is 9.69 Å². The second kappa shape index (κ2) is 11.6. The zero-order chi connectivity index (χ0) is 20.2. The number of para-hydroxylation sites is 1. The number of fused-ring (bicyclic) bond motifs is 1. The van der Waals surface area contributed by atoms with Gasteiger partial charge in [0.25, 0.3) is 0 Å². The fourth-order valence-corrected chi connectivity index (χ4v) is 4.21. The summed E-state index contributed by atoms with van der Waals surface area (Å²) >= 11 is 0. The molecule has 6 nitrogen and oxygen atoms in total. The summed E-state index contributed by atoms with van der Waals surface area (Å²) in [7, 11) is 3.34. The zero-order valence-electron chi connectivity index (χ0n) is 18.0. The van der Waals surface area contributed by atoms with Gasteiger partial charge in [-0.15, -0.1) is 24.8 Å². The maximum absolute atomic E-state index is 12.6. The first kappa shape index (κ1) is 25.3. The number of benzene rings is 2. The molecular formula is C23H31Cl2N3O3. The minimum atomic E-state index is 0. The van der Waals surface area contributed by atoms with E-state index in [1.807, 2.05) is 18.2 Å². The van der Waals surface area contributed by atoms with Crippen LogP contribution < -0.4 is 20.1 Å². The number of methoxy groups -OCH3 is 2. The average molecular weight is 468 g/mol. The average Bonchev–Trinajstić information content (AvgIpc) is 3.29. The Morgan fingerprint density at radius 2 is 1.84 bits per heavy atom. The van der Waals surface area contributed by atoms with E-state index < -0.39 is 0 Å². The molecule has 0 spiro atoms. The molecule has 2 aliphatic heterocycles. The van der Waals surface area contributed by atoms with Crippen molar-refractivity contribution in [3.63, 3.8) is 0 Å². The first-order chi connectivity index (χ1) is 14.2. The molecule has 8 heteroatoms. The number of nitrogens with zero attached hydrogens (tertiary/aromatic N) is 1. The number of hydrogen-bond acceptors (Lipinski definition) is 5. The van der Waals surface area contributed by atoms with Crippen molar-refractivity contribution < 1.29 is 14.3 Å². The van der Waals surface area contributed by atoms with Crippen LogP contribution in [-0.4, -0.2) is 44.7 Å². The standard InChI is InChI=1S/C23H29N3O3.2ClH/c1-28-21-11-16-8-10-26(15-19(16)12-22(21)29-2)14-18-5-3-4-6-20(18)25-23(27)17-7-9-24-13-17;;/h3-6,11-12,17,24H,7-10,13-15H2,1-2H3,(H,25,27);2*1H. The molecule has 0 bridgehead atoms. The van der Waals surface area contributed by atoms with Gasteiger partial charge in [-0.2, -0.15) is 0 Å². The lowest BCUT2D eigenvalue weighted by Crippen LogP contribution is -2.31. The predicted molar refractivity (Wildman–Crippen MR) is 128 cm³/mol. The highest BCUT2D eigenvalue weighted by Crippen LogP contribution is 2.34. The lowest BCUT2D eigenvalue weighted by atomic mass is 9.98. The van der Waals surface area contributed by atoms with Crippen LogP contribution in [0.1, 0.15) is 23.1 Å². The molecule has 1 fully saturated rings. The Labute approximate surface area is 196 Å². The molecule has 0 aromatic heterocycles. The van der Waals surface area contributed by atoms with Crippen LogP contribution in [0.4, 0.5) is 5.69 Å². The van der Waals surface area contributed by atoms with Gasteiger partial charge in [-0.25, -0.2) is 0 Å². The van der Waals surface area contributed by atoms with E-state index in [9.17, 15) is 4.79 Å². The summed E-state index contributed by atoms with van der Waals surface area (Å²) < 4.78 is 10.9. The first-order valence-corrected chi connectivity index (χ1v) is 10.2. The quantitative estimate of drug-likeness (QED) is 0.678. The minimum absolute atomic E-state index is 0. The van der Waals surface area contributed by atoms with Gasteiger partial charge in [0.05, 0.1) is 20.1 Å². The van der Waals surface area contributed by atoms with Crippen LogP contribution >= 0.6 is 24.8 Å². The summed E-state index contributed by atoms with van der Waals surface area (Å²) in [5.41, 5.74) is 4.65. The number of ether oxygens (including phenoxy) is 2. The Balaban J connectivity index is 0.00000171. The molecule has 0 saturated carbocycles. The highest BCUT2D eigenvalue weighted by atomic mass is 35.5. The molecule has 0 aliphatic carbocycles. The van der Waals surface area contributed by atoms with Crippen LogP contribution in [0.25, 0.3) is 0 Å². The largest absolute Gasteiger partial charge is 0.493 e.